The van der Waals surface area contributed by atoms with E-state index in [0.29, 0.717) is 5.92 Å². The molecule has 6 heteroatoms. The van der Waals surface area contributed by atoms with Gasteiger partial charge >= 0.3 is 0 Å². The third-order valence-corrected chi connectivity index (χ3v) is 7.78. The first-order valence-electron chi connectivity index (χ1n) is 13.5. The van der Waals surface area contributed by atoms with E-state index in [1.54, 1.807) is 12.1 Å². The number of hydrazone groups is 1. The maximum Gasteiger partial charge on any atom is 0.244 e. The molecule has 190 valence electrons. The first-order chi connectivity index (χ1) is 17.6. The summed E-state index contributed by atoms with van der Waals surface area (Å²) in [6, 6.07) is 6.53. The minimum atomic E-state index is -0.252. The average Bonchev–Trinajstić information content (AvgIpc) is 3.40. The number of benzene rings is 1. The second-order valence-corrected chi connectivity index (χ2v) is 10.3. The number of carbonyl (C=O) groups is 1. The van der Waals surface area contributed by atoms with Gasteiger partial charge in [0, 0.05) is 49.4 Å². The average molecular weight is 489 g/mol. The molecule has 1 amide bonds. The van der Waals surface area contributed by atoms with Gasteiger partial charge in [-0.2, -0.15) is 5.10 Å². The Morgan fingerprint density at radius 2 is 1.78 bits per heavy atom. The number of nitrogens with zero attached hydrogens (tertiary/aromatic N) is 4. The molecule has 4 aliphatic rings. The lowest BCUT2D eigenvalue weighted by Gasteiger charge is -2.38. The lowest BCUT2D eigenvalue weighted by molar-refractivity contribution is -0.133. The second kappa shape index (κ2) is 11.3. The van der Waals surface area contributed by atoms with Crippen LogP contribution in [0.25, 0.3) is 0 Å². The van der Waals surface area contributed by atoms with E-state index < -0.39 is 0 Å². The maximum atomic E-state index is 13.5. The highest BCUT2D eigenvalue weighted by Crippen LogP contribution is 2.36. The van der Waals surface area contributed by atoms with Crippen molar-refractivity contribution in [3.8, 4) is 0 Å². The monoisotopic (exact) mass is 488 g/mol. The normalized spacial score (nSPS) is 23.2. The molecular formula is C30H37FN4O. The number of hydrogen-bond acceptors (Lipinski definition) is 4. The summed E-state index contributed by atoms with van der Waals surface area (Å²) in [6.07, 6.45) is 20.1. The third kappa shape index (κ3) is 5.63. The summed E-state index contributed by atoms with van der Waals surface area (Å²) in [5.41, 5.74) is 4.26. The van der Waals surface area contributed by atoms with Crippen molar-refractivity contribution in [2.75, 3.05) is 32.7 Å². The van der Waals surface area contributed by atoms with Gasteiger partial charge in [-0.25, -0.2) is 4.39 Å². The Balaban J connectivity index is 1.28. The first kappa shape index (κ1) is 24.5. The van der Waals surface area contributed by atoms with E-state index in [-0.39, 0.29) is 24.2 Å². The molecule has 2 aliphatic carbocycles. The number of hydrogen-bond donors (Lipinski definition) is 0. The SMILES string of the molecule is CC1C=C(C2CCCC2)N(CC(=O)N2CCN(C3=CCCC=CC=C3)CC2)N=C1c1ccc(F)cc1. The molecule has 1 aromatic carbocycles. The van der Waals surface area contributed by atoms with Crippen molar-refractivity contribution in [3.63, 3.8) is 0 Å². The van der Waals surface area contributed by atoms with E-state index in [4.69, 9.17) is 5.10 Å². The molecule has 1 aromatic rings. The molecule has 1 unspecified atom stereocenters. The topological polar surface area (TPSA) is 39.2 Å². The molecule has 2 aliphatic heterocycles. The van der Waals surface area contributed by atoms with Crippen LogP contribution in [0.5, 0.6) is 0 Å². The molecule has 5 rings (SSSR count). The van der Waals surface area contributed by atoms with Crippen LogP contribution in [0.1, 0.15) is 51.0 Å². The van der Waals surface area contributed by atoms with E-state index in [0.717, 1.165) is 63.1 Å². The van der Waals surface area contributed by atoms with Gasteiger partial charge < -0.3 is 9.80 Å². The largest absolute Gasteiger partial charge is 0.368 e. The predicted molar refractivity (Wildman–Crippen MR) is 143 cm³/mol. The summed E-state index contributed by atoms with van der Waals surface area (Å²) >= 11 is 0. The fraction of sp³-hybridized carbons (Fsp3) is 0.467. The first-order valence-corrected chi connectivity index (χ1v) is 13.5. The van der Waals surface area contributed by atoms with E-state index in [1.165, 1.54) is 36.4 Å². The molecule has 36 heavy (non-hydrogen) atoms. The van der Waals surface area contributed by atoms with Crippen molar-refractivity contribution >= 4 is 11.6 Å². The fourth-order valence-corrected chi connectivity index (χ4v) is 5.74. The van der Waals surface area contributed by atoms with Gasteiger partial charge in [0.2, 0.25) is 5.91 Å². The van der Waals surface area contributed by atoms with E-state index in [1.807, 2.05) is 9.91 Å². The van der Waals surface area contributed by atoms with Gasteiger partial charge in [-0.1, -0.05) is 62.3 Å². The van der Waals surface area contributed by atoms with Crippen molar-refractivity contribution in [1.82, 2.24) is 14.8 Å². The third-order valence-electron chi connectivity index (χ3n) is 7.78. The van der Waals surface area contributed by atoms with Crippen molar-refractivity contribution in [1.29, 1.82) is 0 Å². The molecule has 0 N–H and O–H groups in total. The molecular weight excluding hydrogens is 451 g/mol. The van der Waals surface area contributed by atoms with Crippen LogP contribution >= 0.6 is 0 Å². The highest BCUT2D eigenvalue weighted by Gasteiger charge is 2.32. The van der Waals surface area contributed by atoms with Crippen LogP contribution < -0.4 is 0 Å². The van der Waals surface area contributed by atoms with Crippen LogP contribution in [-0.2, 0) is 4.79 Å². The number of carbonyl (C=O) groups excluding carboxylic acids is 1. The van der Waals surface area contributed by atoms with Gasteiger partial charge in [0.05, 0.1) is 5.71 Å². The van der Waals surface area contributed by atoms with Crippen LogP contribution in [0, 0.1) is 17.7 Å². The standard InChI is InChI=1S/C30H37FN4O/c1-23-21-28(24-9-7-8-10-24)35(32-30(23)25-13-15-26(31)16-14-25)22-29(36)34-19-17-33(18-20-34)27-11-5-3-2-4-6-12-27/h2-3,5,11-16,21,23-24H,4,6-10,17-20,22H2,1H3. The van der Waals surface area contributed by atoms with Gasteiger partial charge in [0.1, 0.15) is 12.4 Å². The van der Waals surface area contributed by atoms with Gasteiger partial charge in [-0.05, 0) is 49.5 Å². The van der Waals surface area contributed by atoms with Crippen LogP contribution in [-0.4, -0.2) is 59.2 Å². The van der Waals surface area contributed by atoms with Crippen molar-refractivity contribution < 1.29 is 9.18 Å². The molecule has 1 atom stereocenters. The second-order valence-electron chi connectivity index (χ2n) is 10.3. The molecule has 0 radical (unpaired) electrons. The zero-order valence-corrected chi connectivity index (χ0v) is 21.3. The summed E-state index contributed by atoms with van der Waals surface area (Å²) in [5.74, 6) is 0.461. The highest BCUT2D eigenvalue weighted by molar-refractivity contribution is 6.03. The number of halogens is 1. The number of amides is 1. The quantitative estimate of drug-likeness (QED) is 0.550. The molecule has 0 aromatic heterocycles. The molecule has 0 bridgehead atoms. The van der Waals surface area contributed by atoms with Crippen LogP contribution in [0.15, 0.2) is 77.2 Å². The summed E-state index contributed by atoms with van der Waals surface area (Å²) in [5, 5.41) is 6.96. The summed E-state index contributed by atoms with van der Waals surface area (Å²) in [6.45, 7) is 5.54. The smallest absolute Gasteiger partial charge is 0.244 e. The Hall–Kier alpha value is -3.15. The van der Waals surface area contributed by atoms with Gasteiger partial charge in [-0.15, -0.1) is 0 Å². The Morgan fingerprint density at radius 3 is 2.53 bits per heavy atom. The van der Waals surface area contributed by atoms with Crippen molar-refractivity contribution in [2.45, 2.75) is 45.4 Å². The van der Waals surface area contributed by atoms with E-state index >= 15 is 0 Å². The Labute approximate surface area is 214 Å². The van der Waals surface area contributed by atoms with Gasteiger partial charge in [-0.3, -0.25) is 9.80 Å². The minimum absolute atomic E-state index is 0.125. The molecule has 1 saturated carbocycles. The molecule has 5 nitrogen and oxygen atoms in total. The molecule has 2 heterocycles. The lowest BCUT2D eigenvalue weighted by Crippen LogP contribution is -2.50. The molecule has 2 fully saturated rings. The number of allylic oxidation sites excluding steroid dienone is 7. The van der Waals surface area contributed by atoms with Gasteiger partial charge in [0.15, 0.2) is 0 Å². The molecule has 1 saturated heterocycles. The number of piperazine rings is 1. The summed E-state index contributed by atoms with van der Waals surface area (Å²) in [4.78, 5) is 17.8. The Morgan fingerprint density at radius 1 is 1.03 bits per heavy atom. The summed E-state index contributed by atoms with van der Waals surface area (Å²) in [7, 11) is 0. The maximum absolute atomic E-state index is 13.5. The van der Waals surface area contributed by atoms with Crippen LogP contribution in [0.3, 0.4) is 0 Å². The fourth-order valence-electron chi connectivity index (χ4n) is 5.74. The lowest BCUT2D eigenvalue weighted by atomic mass is 9.92. The van der Waals surface area contributed by atoms with E-state index in [2.05, 4.69) is 48.3 Å². The van der Waals surface area contributed by atoms with Gasteiger partial charge in [0.25, 0.3) is 0 Å². The zero-order valence-electron chi connectivity index (χ0n) is 21.3. The molecule has 0 spiro atoms. The van der Waals surface area contributed by atoms with Crippen LogP contribution in [0.4, 0.5) is 4.39 Å². The minimum Gasteiger partial charge on any atom is -0.368 e. The summed E-state index contributed by atoms with van der Waals surface area (Å²) < 4.78 is 13.5. The predicted octanol–water partition coefficient (Wildman–Crippen LogP) is 5.49. The Kier molecular flexibility index (Phi) is 7.69. The number of rotatable bonds is 5. The van der Waals surface area contributed by atoms with Crippen molar-refractivity contribution in [2.24, 2.45) is 16.9 Å². The van der Waals surface area contributed by atoms with Crippen LogP contribution in [0.2, 0.25) is 0 Å². The van der Waals surface area contributed by atoms with Crippen molar-refractivity contribution in [3.05, 3.63) is 83.5 Å². The Bertz CT molecular complexity index is 1090. The zero-order chi connectivity index (χ0) is 24.9. The highest BCUT2D eigenvalue weighted by atomic mass is 19.1. The van der Waals surface area contributed by atoms with E-state index in [9.17, 15) is 9.18 Å².